The lowest BCUT2D eigenvalue weighted by atomic mass is 9.79. The van der Waals surface area contributed by atoms with Crippen LogP contribution in [0.15, 0.2) is 30.3 Å². The molecule has 2 aliphatic rings. The van der Waals surface area contributed by atoms with E-state index >= 15 is 0 Å². The first-order valence-corrected chi connectivity index (χ1v) is 8.81. The molecule has 0 spiro atoms. The topological polar surface area (TPSA) is 61.8 Å². The number of likely N-dealkylation sites (tertiary alicyclic amines) is 1. The highest BCUT2D eigenvalue weighted by Crippen LogP contribution is 2.40. The minimum atomic E-state index is -0.941. The number of piperidine rings is 1. The molecule has 2 N–H and O–H groups in total. The summed E-state index contributed by atoms with van der Waals surface area (Å²) >= 11 is 0. The summed E-state index contributed by atoms with van der Waals surface area (Å²) in [6.45, 7) is 3.72. The normalized spacial score (nSPS) is 31.0. The van der Waals surface area contributed by atoms with Gasteiger partial charge in [-0.1, -0.05) is 30.3 Å². The highest BCUT2D eigenvalue weighted by atomic mass is 16.5. The van der Waals surface area contributed by atoms with Gasteiger partial charge in [0.2, 0.25) is 5.91 Å². The molecule has 5 heteroatoms. The number of ether oxygens (including phenoxy) is 1. The first-order chi connectivity index (χ1) is 11.5. The van der Waals surface area contributed by atoms with Crippen molar-refractivity contribution in [1.29, 1.82) is 0 Å². The van der Waals surface area contributed by atoms with Gasteiger partial charge in [0, 0.05) is 20.2 Å². The Labute approximate surface area is 144 Å². The van der Waals surface area contributed by atoms with Crippen LogP contribution in [0.2, 0.25) is 0 Å². The average Bonchev–Trinajstić information content (AvgIpc) is 3.36. The maximum absolute atomic E-state index is 12.2. The number of carbonyl (C=O) groups excluding carboxylic acids is 1. The minimum Gasteiger partial charge on any atom is -0.388 e. The summed E-state index contributed by atoms with van der Waals surface area (Å²) in [7, 11) is 1.51. The van der Waals surface area contributed by atoms with Crippen LogP contribution < -0.4 is 5.32 Å². The van der Waals surface area contributed by atoms with Gasteiger partial charge < -0.3 is 15.2 Å². The summed E-state index contributed by atoms with van der Waals surface area (Å²) in [5.41, 5.74) is 0.199. The molecule has 1 aliphatic heterocycles. The molecule has 1 heterocycles. The number of aliphatic hydroxyl groups is 1. The number of amides is 1. The molecule has 1 aliphatic carbocycles. The number of rotatable bonds is 6. The lowest BCUT2D eigenvalue weighted by molar-refractivity contribution is -0.132. The summed E-state index contributed by atoms with van der Waals surface area (Å²) in [5.74, 6) is 0.576. The van der Waals surface area contributed by atoms with Crippen LogP contribution in [0.4, 0.5) is 0 Å². The van der Waals surface area contributed by atoms with E-state index in [2.05, 4.69) is 22.3 Å². The third kappa shape index (κ3) is 3.97. The second kappa shape index (κ2) is 7.21. The van der Waals surface area contributed by atoms with Crippen LogP contribution in [0.25, 0.3) is 0 Å². The van der Waals surface area contributed by atoms with Crippen molar-refractivity contribution in [2.75, 3.05) is 26.8 Å². The fraction of sp³-hybridized carbons (Fsp3) is 0.632. The molecule has 5 nitrogen and oxygen atoms in total. The zero-order valence-electron chi connectivity index (χ0n) is 14.6. The quantitative estimate of drug-likeness (QED) is 0.833. The van der Waals surface area contributed by atoms with Gasteiger partial charge in [0.25, 0.3) is 0 Å². The highest BCUT2D eigenvalue weighted by Gasteiger charge is 2.46. The second-order valence-corrected chi connectivity index (χ2v) is 7.38. The molecule has 1 saturated heterocycles. The Kier molecular flexibility index (Phi) is 5.23. The Morgan fingerprint density at radius 1 is 1.38 bits per heavy atom. The van der Waals surface area contributed by atoms with Gasteiger partial charge in [0.05, 0.1) is 17.7 Å². The molecule has 0 aromatic heterocycles. The van der Waals surface area contributed by atoms with Gasteiger partial charge in [0.15, 0.2) is 0 Å². The zero-order chi connectivity index (χ0) is 17.2. The molecule has 3 rings (SSSR count). The van der Waals surface area contributed by atoms with Gasteiger partial charge in [0.1, 0.15) is 6.61 Å². The maximum Gasteiger partial charge on any atom is 0.246 e. The molecular weight excluding hydrogens is 304 g/mol. The molecule has 3 atom stereocenters. The largest absolute Gasteiger partial charge is 0.388 e. The van der Waals surface area contributed by atoms with Gasteiger partial charge in [-0.15, -0.1) is 0 Å². The maximum atomic E-state index is 12.2. The predicted octanol–water partition coefficient (Wildman–Crippen LogP) is 1.73. The smallest absolute Gasteiger partial charge is 0.246 e. The van der Waals surface area contributed by atoms with Crippen molar-refractivity contribution in [2.24, 2.45) is 5.92 Å². The fourth-order valence-electron chi connectivity index (χ4n) is 3.69. The summed E-state index contributed by atoms with van der Waals surface area (Å²) in [6, 6.07) is 9.83. The lowest BCUT2D eigenvalue weighted by Gasteiger charge is -2.49. The third-order valence-corrected chi connectivity index (χ3v) is 5.21. The van der Waals surface area contributed by atoms with Crippen molar-refractivity contribution >= 4 is 5.91 Å². The standard InChI is InChI=1S/C19H28N2O3/c1-19(23)10-11-21(12-14-8-9-14)17(15-6-4-3-5-7-15)18(19)20-16(22)13-24-2/h3-7,14,17-18,23H,8-13H2,1-2H3,(H,20,22). The molecule has 24 heavy (non-hydrogen) atoms. The van der Waals surface area contributed by atoms with Crippen molar-refractivity contribution in [3.05, 3.63) is 35.9 Å². The summed E-state index contributed by atoms with van der Waals surface area (Å²) in [5, 5.41) is 14.0. The van der Waals surface area contributed by atoms with Crippen LogP contribution in [0.5, 0.6) is 0 Å². The molecule has 132 valence electrons. The van der Waals surface area contributed by atoms with Gasteiger partial charge in [-0.3, -0.25) is 9.69 Å². The number of nitrogens with one attached hydrogen (secondary N) is 1. The number of hydrogen-bond donors (Lipinski definition) is 2. The Morgan fingerprint density at radius 2 is 2.08 bits per heavy atom. The van der Waals surface area contributed by atoms with E-state index in [1.807, 2.05) is 25.1 Å². The zero-order valence-corrected chi connectivity index (χ0v) is 14.6. The molecule has 1 saturated carbocycles. The van der Waals surface area contributed by atoms with E-state index in [-0.39, 0.29) is 24.6 Å². The van der Waals surface area contributed by atoms with E-state index in [9.17, 15) is 9.90 Å². The van der Waals surface area contributed by atoms with E-state index < -0.39 is 5.60 Å². The van der Waals surface area contributed by atoms with Crippen molar-refractivity contribution in [1.82, 2.24) is 10.2 Å². The SMILES string of the molecule is COCC(=O)NC1C(c2ccccc2)N(CC2CC2)CCC1(C)O. The molecule has 1 amide bonds. The fourth-order valence-corrected chi connectivity index (χ4v) is 3.69. The Morgan fingerprint density at radius 3 is 2.71 bits per heavy atom. The van der Waals surface area contributed by atoms with Crippen LogP contribution in [-0.2, 0) is 9.53 Å². The first kappa shape index (κ1) is 17.4. The molecule has 2 fully saturated rings. The van der Waals surface area contributed by atoms with Crippen molar-refractivity contribution in [2.45, 2.75) is 43.9 Å². The van der Waals surface area contributed by atoms with E-state index in [1.54, 1.807) is 0 Å². The molecular formula is C19H28N2O3. The second-order valence-electron chi connectivity index (χ2n) is 7.38. The lowest BCUT2D eigenvalue weighted by Crippen LogP contribution is -2.63. The molecule has 0 bridgehead atoms. The average molecular weight is 332 g/mol. The van der Waals surface area contributed by atoms with E-state index in [4.69, 9.17) is 4.74 Å². The van der Waals surface area contributed by atoms with Crippen LogP contribution in [0, 0.1) is 5.92 Å². The van der Waals surface area contributed by atoms with Gasteiger partial charge in [-0.2, -0.15) is 0 Å². The molecule has 0 radical (unpaired) electrons. The Hall–Kier alpha value is -1.43. The first-order valence-electron chi connectivity index (χ1n) is 8.81. The highest BCUT2D eigenvalue weighted by molar-refractivity contribution is 5.77. The number of carbonyl (C=O) groups is 1. The summed E-state index contributed by atoms with van der Waals surface area (Å²) < 4.78 is 4.95. The summed E-state index contributed by atoms with van der Waals surface area (Å²) in [6.07, 6.45) is 3.23. The summed E-state index contributed by atoms with van der Waals surface area (Å²) in [4.78, 5) is 14.6. The number of nitrogens with zero attached hydrogens (tertiary/aromatic N) is 1. The third-order valence-electron chi connectivity index (χ3n) is 5.21. The van der Waals surface area contributed by atoms with E-state index in [1.165, 1.54) is 20.0 Å². The molecule has 3 unspecified atom stereocenters. The van der Waals surface area contributed by atoms with Crippen LogP contribution >= 0.6 is 0 Å². The van der Waals surface area contributed by atoms with Crippen molar-refractivity contribution in [3.63, 3.8) is 0 Å². The van der Waals surface area contributed by atoms with Crippen molar-refractivity contribution in [3.8, 4) is 0 Å². The van der Waals surface area contributed by atoms with Crippen LogP contribution in [-0.4, -0.2) is 54.4 Å². The van der Waals surface area contributed by atoms with Gasteiger partial charge in [-0.05, 0) is 37.7 Å². The number of methoxy groups -OCH3 is 1. The number of hydrogen-bond acceptors (Lipinski definition) is 4. The predicted molar refractivity (Wildman–Crippen MR) is 92.5 cm³/mol. The molecule has 1 aromatic carbocycles. The minimum absolute atomic E-state index is 0.0106. The monoisotopic (exact) mass is 332 g/mol. The van der Waals surface area contributed by atoms with E-state index in [0.29, 0.717) is 6.42 Å². The molecule has 1 aromatic rings. The van der Waals surface area contributed by atoms with Crippen LogP contribution in [0.1, 0.15) is 37.8 Å². The van der Waals surface area contributed by atoms with Gasteiger partial charge >= 0.3 is 0 Å². The number of benzene rings is 1. The van der Waals surface area contributed by atoms with Gasteiger partial charge in [-0.25, -0.2) is 0 Å². The Bertz CT molecular complexity index is 557. The Balaban J connectivity index is 1.89. The van der Waals surface area contributed by atoms with Crippen LogP contribution in [0.3, 0.4) is 0 Å². The van der Waals surface area contributed by atoms with Crippen molar-refractivity contribution < 1.29 is 14.6 Å². The van der Waals surface area contributed by atoms with E-state index in [0.717, 1.165) is 24.6 Å².